The van der Waals surface area contributed by atoms with Crippen molar-refractivity contribution in [3.63, 3.8) is 0 Å². The summed E-state index contributed by atoms with van der Waals surface area (Å²) >= 11 is 0. The van der Waals surface area contributed by atoms with Gasteiger partial charge in [0.1, 0.15) is 5.69 Å². The minimum absolute atomic E-state index is 0. The monoisotopic (exact) mass is 392 g/mol. The summed E-state index contributed by atoms with van der Waals surface area (Å²) in [5.41, 5.74) is 7.21. The fourth-order valence-electron chi connectivity index (χ4n) is 2.67. The average Bonchev–Trinajstić information content (AvgIpc) is 2.66. The third-order valence-corrected chi connectivity index (χ3v) is 4.02. The third-order valence-electron chi connectivity index (χ3n) is 4.02. The van der Waals surface area contributed by atoms with Crippen LogP contribution in [0.25, 0.3) is 0 Å². The van der Waals surface area contributed by atoms with Gasteiger partial charge in [0, 0.05) is 38.7 Å². The Morgan fingerprint density at radius 1 is 1.07 bits per heavy atom. The summed E-state index contributed by atoms with van der Waals surface area (Å²) in [6.07, 6.45) is 1.02. The first-order valence-electron chi connectivity index (χ1n) is 8.61. The average molecular weight is 393 g/mol. The van der Waals surface area contributed by atoms with Crippen molar-refractivity contribution in [3.05, 3.63) is 70.3 Å². The number of hydrogen-bond donors (Lipinski definition) is 2. The minimum Gasteiger partial charge on any atom is -0.379 e. The summed E-state index contributed by atoms with van der Waals surface area (Å²) in [5, 5.41) is 14.0. The molecule has 0 heterocycles. The molecule has 0 saturated carbocycles. The van der Waals surface area contributed by atoms with Gasteiger partial charge in [-0.15, -0.1) is 12.4 Å². The second-order valence-electron chi connectivity index (χ2n) is 5.86. The van der Waals surface area contributed by atoms with Gasteiger partial charge < -0.3 is 16.0 Å². The molecular weight excluding hydrogens is 368 g/mol. The van der Waals surface area contributed by atoms with E-state index in [1.165, 1.54) is 11.6 Å². The smallest absolute Gasteiger partial charge is 0.292 e. The highest BCUT2D eigenvalue weighted by Gasteiger charge is 2.15. The quantitative estimate of drug-likeness (QED) is 0.478. The largest absolute Gasteiger partial charge is 0.379 e. The maximum absolute atomic E-state index is 12.5. The normalized spacial score (nSPS) is 9.96. The van der Waals surface area contributed by atoms with Crippen LogP contribution in [-0.2, 0) is 11.2 Å². The molecule has 0 radical (unpaired) electrons. The van der Waals surface area contributed by atoms with Gasteiger partial charge in [-0.05, 0) is 18.1 Å². The number of amides is 1. The van der Waals surface area contributed by atoms with Crippen LogP contribution >= 0.6 is 12.4 Å². The van der Waals surface area contributed by atoms with Gasteiger partial charge in [0.2, 0.25) is 5.91 Å². The van der Waals surface area contributed by atoms with Crippen LogP contribution in [0.3, 0.4) is 0 Å². The first-order chi connectivity index (χ1) is 12.6. The molecule has 0 aliphatic carbocycles. The second kappa shape index (κ2) is 11.9. The Balaban J connectivity index is 0.00000364. The molecule has 1 amide bonds. The molecule has 0 aliphatic heterocycles. The molecule has 0 spiro atoms. The van der Waals surface area contributed by atoms with Crippen molar-refractivity contribution in [1.29, 1.82) is 0 Å². The molecule has 2 rings (SSSR count). The summed E-state index contributed by atoms with van der Waals surface area (Å²) in [5.74, 6) is -0.0162. The predicted molar refractivity (Wildman–Crippen MR) is 109 cm³/mol. The standard InChI is InChI=1S/C19H24N4O3.ClH/c20-12-15-22(14-11-16-6-2-1-3-7-16)19(24)10-13-21-17-8-4-5-9-18(17)23(25)26;/h1-9,21H,10-15,20H2;1H. The molecule has 3 N–H and O–H groups in total. The number of nitro groups is 1. The lowest BCUT2D eigenvalue weighted by atomic mass is 10.1. The van der Waals surface area contributed by atoms with Crippen molar-refractivity contribution in [2.24, 2.45) is 5.73 Å². The lowest BCUT2D eigenvalue weighted by Crippen LogP contribution is -2.37. The fraction of sp³-hybridized carbons (Fsp3) is 0.316. The van der Waals surface area contributed by atoms with Crippen molar-refractivity contribution >= 4 is 29.7 Å². The van der Waals surface area contributed by atoms with Crippen LogP contribution in [0, 0.1) is 10.1 Å². The van der Waals surface area contributed by atoms with E-state index in [1.807, 2.05) is 30.3 Å². The topological polar surface area (TPSA) is 102 Å². The van der Waals surface area contributed by atoms with Crippen LogP contribution in [-0.4, -0.2) is 41.9 Å². The van der Waals surface area contributed by atoms with Gasteiger partial charge in [-0.25, -0.2) is 0 Å². The zero-order valence-electron chi connectivity index (χ0n) is 15.0. The van der Waals surface area contributed by atoms with Crippen LogP contribution in [0.1, 0.15) is 12.0 Å². The first kappa shape index (κ1) is 22.4. The maximum Gasteiger partial charge on any atom is 0.292 e. The van der Waals surface area contributed by atoms with Crippen molar-refractivity contribution in [2.75, 3.05) is 31.5 Å². The van der Waals surface area contributed by atoms with E-state index in [2.05, 4.69) is 5.32 Å². The Kier molecular flexibility index (Phi) is 9.85. The molecule has 27 heavy (non-hydrogen) atoms. The number of nitrogens with one attached hydrogen (secondary N) is 1. The molecule has 0 fully saturated rings. The predicted octanol–water partition coefficient (Wildman–Crippen LogP) is 2.85. The zero-order valence-corrected chi connectivity index (χ0v) is 15.9. The molecule has 0 bridgehead atoms. The van der Waals surface area contributed by atoms with Crippen molar-refractivity contribution in [2.45, 2.75) is 12.8 Å². The van der Waals surface area contributed by atoms with Gasteiger partial charge >= 0.3 is 0 Å². The third kappa shape index (κ3) is 7.24. The molecule has 0 aliphatic rings. The molecule has 146 valence electrons. The van der Waals surface area contributed by atoms with Crippen LogP contribution in [0.4, 0.5) is 11.4 Å². The SMILES string of the molecule is Cl.NCCN(CCc1ccccc1)C(=O)CCNc1ccccc1[N+](=O)[O-]. The van der Waals surface area contributed by atoms with E-state index in [4.69, 9.17) is 5.73 Å². The van der Waals surface area contributed by atoms with Crippen LogP contribution in [0.5, 0.6) is 0 Å². The van der Waals surface area contributed by atoms with Crippen LogP contribution in [0.2, 0.25) is 0 Å². The number of hydrogen-bond acceptors (Lipinski definition) is 5. The Morgan fingerprint density at radius 3 is 2.41 bits per heavy atom. The summed E-state index contributed by atoms with van der Waals surface area (Å²) in [7, 11) is 0. The lowest BCUT2D eigenvalue weighted by Gasteiger charge is -2.22. The van der Waals surface area contributed by atoms with Gasteiger partial charge in [-0.2, -0.15) is 0 Å². The number of carbonyl (C=O) groups is 1. The van der Waals surface area contributed by atoms with Crippen molar-refractivity contribution in [1.82, 2.24) is 4.90 Å². The highest BCUT2D eigenvalue weighted by Crippen LogP contribution is 2.22. The number of para-hydroxylation sites is 2. The number of anilines is 1. The molecule has 7 nitrogen and oxygen atoms in total. The minimum atomic E-state index is -0.440. The summed E-state index contributed by atoms with van der Waals surface area (Å²) < 4.78 is 0. The van der Waals surface area contributed by atoms with E-state index < -0.39 is 4.92 Å². The summed E-state index contributed by atoms with van der Waals surface area (Å²) in [4.78, 5) is 24.8. The number of halogens is 1. The van der Waals surface area contributed by atoms with Gasteiger partial charge in [0.25, 0.3) is 5.69 Å². The maximum atomic E-state index is 12.5. The molecule has 8 heteroatoms. The van der Waals surface area contributed by atoms with E-state index in [0.29, 0.717) is 31.9 Å². The number of nitrogens with two attached hydrogens (primary N) is 1. The number of benzene rings is 2. The van der Waals surface area contributed by atoms with Crippen LogP contribution < -0.4 is 11.1 Å². The Bertz CT molecular complexity index is 728. The molecule has 0 atom stereocenters. The van der Waals surface area contributed by atoms with Crippen LogP contribution in [0.15, 0.2) is 54.6 Å². The molecule has 2 aromatic rings. The molecule has 2 aromatic carbocycles. The summed E-state index contributed by atoms with van der Waals surface area (Å²) in [6.45, 7) is 1.83. The lowest BCUT2D eigenvalue weighted by molar-refractivity contribution is -0.384. The fourth-order valence-corrected chi connectivity index (χ4v) is 2.67. The van der Waals surface area contributed by atoms with Gasteiger partial charge in [0.15, 0.2) is 0 Å². The Morgan fingerprint density at radius 2 is 1.74 bits per heavy atom. The number of nitro benzene ring substituents is 1. The Labute approximate surface area is 165 Å². The first-order valence-corrected chi connectivity index (χ1v) is 8.61. The highest BCUT2D eigenvalue weighted by molar-refractivity contribution is 5.85. The molecular formula is C19H25ClN4O3. The van der Waals surface area contributed by atoms with E-state index in [0.717, 1.165) is 6.42 Å². The molecule has 0 unspecified atom stereocenters. The van der Waals surface area contributed by atoms with E-state index in [9.17, 15) is 14.9 Å². The second-order valence-corrected chi connectivity index (χ2v) is 5.86. The number of rotatable bonds is 10. The molecule has 0 aromatic heterocycles. The van der Waals surface area contributed by atoms with E-state index in [-0.39, 0.29) is 30.4 Å². The van der Waals surface area contributed by atoms with E-state index >= 15 is 0 Å². The zero-order chi connectivity index (χ0) is 18.8. The van der Waals surface area contributed by atoms with Crippen molar-refractivity contribution < 1.29 is 9.72 Å². The van der Waals surface area contributed by atoms with Gasteiger partial charge in [-0.3, -0.25) is 14.9 Å². The number of carbonyl (C=O) groups excluding carboxylic acids is 1. The number of nitrogens with zero attached hydrogens (tertiary/aromatic N) is 2. The Hall–Kier alpha value is -2.64. The van der Waals surface area contributed by atoms with Gasteiger partial charge in [0.05, 0.1) is 4.92 Å². The van der Waals surface area contributed by atoms with E-state index in [1.54, 1.807) is 23.1 Å². The van der Waals surface area contributed by atoms with Crippen molar-refractivity contribution in [3.8, 4) is 0 Å². The molecule has 0 saturated heterocycles. The summed E-state index contributed by atoms with van der Waals surface area (Å²) in [6, 6.07) is 16.4. The highest BCUT2D eigenvalue weighted by atomic mass is 35.5. The van der Waals surface area contributed by atoms with Gasteiger partial charge in [-0.1, -0.05) is 42.5 Å².